The lowest BCUT2D eigenvalue weighted by molar-refractivity contribution is -0.120. The Bertz CT molecular complexity index is 1340. The lowest BCUT2D eigenvalue weighted by Gasteiger charge is -2.29. The van der Waals surface area contributed by atoms with Crippen LogP contribution in [0.15, 0.2) is 79.0 Å². The van der Waals surface area contributed by atoms with E-state index in [-0.39, 0.29) is 11.7 Å². The molecule has 3 unspecified atom stereocenters. The van der Waals surface area contributed by atoms with Crippen molar-refractivity contribution in [2.75, 3.05) is 4.90 Å². The van der Waals surface area contributed by atoms with Gasteiger partial charge in [-0.15, -0.1) is 0 Å². The second-order valence-corrected chi connectivity index (χ2v) is 8.10. The van der Waals surface area contributed by atoms with Gasteiger partial charge in [0.1, 0.15) is 5.82 Å². The van der Waals surface area contributed by atoms with Gasteiger partial charge in [-0.2, -0.15) is 5.10 Å². The molecule has 8 heteroatoms. The highest BCUT2D eigenvalue weighted by Crippen LogP contribution is 2.41. The molecule has 166 valence electrons. The lowest BCUT2D eigenvalue weighted by atomic mass is 9.94. The summed E-state index contributed by atoms with van der Waals surface area (Å²) in [5.74, 6) is -1.02. The summed E-state index contributed by atoms with van der Waals surface area (Å²) < 4.78 is 15.0. The number of carboxylic acid groups (broad SMARTS) is 1. The molecule has 1 aromatic heterocycles. The molecular formula is C25H21FN4O3. The summed E-state index contributed by atoms with van der Waals surface area (Å²) in [5.41, 5.74) is 3.03. The van der Waals surface area contributed by atoms with Crippen LogP contribution in [0.5, 0.6) is 0 Å². The third-order valence-electron chi connectivity index (χ3n) is 6.12. The summed E-state index contributed by atoms with van der Waals surface area (Å²) in [7, 11) is 0. The molecule has 0 saturated carbocycles. The average molecular weight is 444 g/mol. The predicted octanol–water partition coefficient (Wildman–Crippen LogP) is 4.52. The molecule has 7 nitrogen and oxygen atoms in total. The van der Waals surface area contributed by atoms with Crippen LogP contribution in [0.3, 0.4) is 0 Å². The summed E-state index contributed by atoms with van der Waals surface area (Å²) in [4.78, 5) is 26.5. The molecule has 0 spiro atoms. The van der Waals surface area contributed by atoms with Gasteiger partial charge in [-0.1, -0.05) is 37.3 Å². The fraction of sp³-hybridized carbons (Fsp3) is 0.160. The maximum atomic E-state index is 13.3. The van der Waals surface area contributed by atoms with Gasteiger partial charge < -0.3 is 15.3 Å². The Kier molecular flexibility index (Phi) is 5.05. The van der Waals surface area contributed by atoms with Crippen molar-refractivity contribution in [1.82, 2.24) is 15.1 Å². The van der Waals surface area contributed by atoms with Gasteiger partial charge in [-0.3, -0.25) is 4.79 Å². The number of carbonyl (C=O) groups is 2. The van der Waals surface area contributed by atoms with Gasteiger partial charge in [0.25, 0.3) is 0 Å². The topological polar surface area (TPSA) is 87.5 Å². The molecule has 0 radical (unpaired) electrons. The van der Waals surface area contributed by atoms with Gasteiger partial charge in [0.2, 0.25) is 5.91 Å². The minimum Gasteiger partial charge on any atom is -0.465 e. The van der Waals surface area contributed by atoms with E-state index in [9.17, 15) is 19.1 Å². The van der Waals surface area contributed by atoms with Crippen LogP contribution >= 0.6 is 0 Å². The fourth-order valence-electron chi connectivity index (χ4n) is 4.54. The van der Waals surface area contributed by atoms with Crippen LogP contribution < -0.4 is 10.2 Å². The van der Waals surface area contributed by atoms with Crippen LogP contribution in [-0.2, 0) is 4.79 Å². The minimum absolute atomic E-state index is 0.159. The Labute approximate surface area is 189 Å². The molecule has 33 heavy (non-hydrogen) atoms. The Morgan fingerprint density at radius 2 is 1.73 bits per heavy atom. The second-order valence-electron chi connectivity index (χ2n) is 8.10. The van der Waals surface area contributed by atoms with Crippen LogP contribution in [0.4, 0.5) is 14.9 Å². The van der Waals surface area contributed by atoms with Gasteiger partial charge in [-0.25, -0.2) is 13.9 Å². The van der Waals surface area contributed by atoms with Gasteiger partial charge in [0.15, 0.2) is 0 Å². The Balaban J connectivity index is 1.58. The molecule has 4 aromatic rings. The van der Waals surface area contributed by atoms with Crippen LogP contribution in [-0.4, -0.2) is 32.9 Å². The van der Waals surface area contributed by atoms with E-state index in [2.05, 4.69) is 10.4 Å². The highest BCUT2D eigenvalue weighted by atomic mass is 19.1. The summed E-state index contributed by atoms with van der Waals surface area (Å²) in [6.45, 7) is 1.74. The van der Waals surface area contributed by atoms with Crippen molar-refractivity contribution in [3.8, 4) is 5.69 Å². The molecule has 3 atom stereocenters. The molecule has 2 N–H and O–H groups in total. The molecule has 0 aliphatic carbocycles. The SMILES string of the molecule is CC1C(=O)N(c2ccc3c(cnn3-c3ccc(F)cc3)c2)C(c2ccccc2)C1NC(=O)O. The Hall–Kier alpha value is -4.20. The molecule has 1 fully saturated rings. The molecule has 3 aromatic carbocycles. The van der Waals surface area contributed by atoms with Crippen LogP contribution in [0.1, 0.15) is 18.5 Å². The van der Waals surface area contributed by atoms with E-state index >= 15 is 0 Å². The normalized spacial score (nSPS) is 20.4. The third kappa shape index (κ3) is 3.59. The maximum Gasteiger partial charge on any atom is 0.404 e. The summed E-state index contributed by atoms with van der Waals surface area (Å²) in [5, 5.41) is 17.2. The van der Waals surface area contributed by atoms with Gasteiger partial charge in [0.05, 0.1) is 35.4 Å². The molecule has 2 heterocycles. The average Bonchev–Trinajstić information content (AvgIpc) is 3.34. The van der Waals surface area contributed by atoms with E-state index < -0.39 is 24.1 Å². The fourth-order valence-corrected chi connectivity index (χ4v) is 4.54. The number of nitrogens with one attached hydrogen (secondary N) is 1. The van der Waals surface area contributed by atoms with E-state index in [1.54, 1.807) is 34.8 Å². The Morgan fingerprint density at radius 1 is 1.03 bits per heavy atom. The maximum absolute atomic E-state index is 13.3. The van der Waals surface area contributed by atoms with Crippen molar-refractivity contribution in [2.24, 2.45) is 5.92 Å². The zero-order valence-electron chi connectivity index (χ0n) is 17.7. The minimum atomic E-state index is -1.17. The molecule has 1 aliphatic heterocycles. The van der Waals surface area contributed by atoms with E-state index in [4.69, 9.17) is 0 Å². The molecule has 0 bridgehead atoms. The third-order valence-corrected chi connectivity index (χ3v) is 6.12. The number of hydrogen-bond donors (Lipinski definition) is 2. The standard InChI is InChI=1S/C25H21FN4O3/c1-15-22(28-25(32)33)23(16-5-3-2-4-6-16)29(24(15)31)20-11-12-21-17(13-20)14-27-30(21)19-9-7-18(26)8-10-19/h2-15,22-23,28H,1H3,(H,32,33). The number of rotatable bonds is 4. The van der Waals surface area contributed by atoms with E-state index in [0.29, 0.717) is 5.69 Å². The van der Waals surface area contributed by atoms with Crippen LogP contribution in [0.2, 0.25) is 0 Å². The molecule has 5 rings (SSSR count). The predicted molar refractivity (Wildman–Crippen MR) is 122 cm³/mol. The quantitative estimate of drug-likeness (QED) is 0.484. The summed E-state index contributed by atoms with van der Waals surface area (Å²) >= 11 is 0. The molecule has 2 amide bonds. The molecule has 1 saturated heterocycles. The van der Waals surface area contributed by atoms with Crippen molar-refractivity contribution in [3.63, 3.8) is 0 Å². The number of hydrogen-bond acceptors (Lipinski definition) is 3. The van der Waals surface area contributed by atoms with Crippen molar-refractivity contribution < 1.29 is 19.1 Å². The number of aromatic nitrogens is 2. The zero-order chi connectivity index (χ0) is 23.1. The molecule has 1 aliphatic rings. The van der Waals surface area contributed by atoms with Crippen LogP contribution in [0, 0.1) is 11.7 Å². The Morgan fingerprint density at radius 3 is 2.42 bits per heavy atom. The van der Waals surface area contributed by atoms with Crippen molar-refractivity contribution >= 4 is 28.6 Å². The number of fused-ring (bicyclic) bond motifs is 1. The first kappa shape index (κ1) is 20.7. The second kappa shape index (κ2) is 8.05. The van der Waals surface area contributed by atoms with Crippen molar-refractivity contribution in [1.29, 1.82) is 0 Å². The van der Waals surface area contributed by atoms with Gasteiger partial charge in [-0.05, 0) is 48.0 Å². The summed E-state index contributed by atoms with van der Waals surface area (Å²) in [6, 6.07) is 19.9. The largest absolute Gasteiger partial charge is 0.465 e. The van der Waals surface area contributed by atoms with E-state index in [0.717, 1.165) is 22.2 Å². The lowest BCUT2D eigenvalue weighted by Crippen LogP contribution is -2.41. The first-order valence-electron chi connectivity index (χ1n) is 10.6. The first-order chi connectivity index (χ1) is 15.9. The number of nitrogens with zero attached hydrogens (tertiary/aromatic N) is 3. The van der Waals surface area contributed by atoms with Gasteiger partial charge in [0, 0.05) is 11.1 Å². The number of benzene rings is 3. The van der Waals surface area contributed by atoms with Crippen molar-refractivity contribution in [2.45, 2.75) is 19.0 Å². The highest BCUT2D eigenvalue weighted by molar-refractivity contribution is 6.01. The van der Waals surface area contributed by atoms with Crippen molar-refractivity contribution in [3.05, 3.63) is 90.4 Å². The smallest absolute Gasteiger partial charge is 0.404 e. The number of carbonyl (C=O) groups excluding carboxylic acids is 1. The van der Waals surface area contributed by atoms with Gasteiger partial charge >= 0.3 is 6.09 Å². The number of amides is 2. The highest BCUT2D eigenvalue weighted by Gasteiger charge is 2.47. The zero-order valence-corrected chi connectivity index (χ0v) is 17.7. The first-order valence-corrected chi connectivity index (χ1v) is 10.6. The summed E-state index contributed by atoms with van der Waals surface area (Å²) in [6.07, 6.45) is 0.523. The van der Waals surface area contributed by atoms with Crippen LogP contribution in [0.25, 0.3) is 16.6 Å². The number of halogens is 1. The number of anilines is 1. The molecular weight excluding hydrogens is 423 g/mol. The van der Waals surface area contributed by atoms with E-state index in [1.807, 2.05) is 48.5 Å². The monoisotopic (exact) mass is 444 g/mol. The van der Waals surface area contributed by atoms with E-state index in [1.165, 1.54) is 12.1 Å².